The Balaban J connectivity index is 1.83. The molecule has 2 aliphatic rings. The monoisotopic (exact) mass is 389 g/mol. The topological polar surface area (TPSA) is 85.2 Å². The van der Waals surface area contributed by atoms with Crippen LogP contribution in [-0.2, 0) is 14.3 Å². The summed E-state index contributed by atoms with van der Waals surface area (Å²) in [6.07, 6.45) is 5.99. The second-order valence-electron chi connectivity index (χ2n) is 7.12. The van der Waals surface area contributed by atoms with Gasteiger partial charge in [0.05, 0.1) is 25.2 Å². The Morgan fingerprint density at radius 2 is 2.11 bits per heavy atom. The van der Waals surface area contributed by atoms with Crippen LogP contribution in [0.15, 0.2) is 24.3 Å². The summed E-state index contributed by atoms with van der Waals surface area (Å²) < 4.78 is 10.0. The minimum atomic E-state index is -0.492. The third-order valence-corrected chi connectivity index (χ3v) is 5.32. The number of carbonyl (C=O) groups excluding carboxylic acids is 1. The number of morpholine rings is 1. The lowest BCUT2D eigenvalue weighted by molar-refractivity contribution is -0.384. The summed E-state index contributed by atoms with van der Waals surface area (Å²) in [5.41, 5.74) is 1.32. The summed E-state index contributed by atoms with van der Waals surface area (Å²) in [4.78, 5) is 27.3. The van der Waals surface area contributed by atoms with Crippen LogP contribution in [0.1, 0.15) is 24.8 Å². The quantitative estimate of drug-likeness (QED) is 0.320. The summed E-state index contributed by atoms with van der Waals surface area (Å²) in [6, 6.07) is 5.38. The molecule has 0 radical (unpaired) electrons. The zero-order valence-corrected chi connectivity index (χ0v) is 16.2. The zero-order chi connectivity index (χ0) is 19.9. The largest absolute Gasteiger partial charge is 0.466 e. The van der Waals surface area contributed by atoms with Crippen LogP contribution in [0.4, 0.5) is 11.4 Å². The van der Waals surface area contributed by atoms with Crippen LogP contribution in [-0.4, -0.2) is 68.3 Å². The fourth-order valence-electron chi connectivity index (χ4n) is 3.85. The van der Waals surface area contributed by atoms with Crippen molar-refractivity contribution in [1.29, 1.82) is 0 Å². The van der Waals surface area contributed by atoms with Gasteiger partial charge in [-0.2, -0.15) is 0 Å². The van der Waals surface area contributed by atoms with Gasteiger partial charge < -0.3 is 14.4 Å². The molecule has 2 fully saturated rings. The summed E-state index contributed by atoms with van der Waals surface area (Å²) in [5.74, 6) is -0.492. The molecule has 2 saturated heterocycles. The van der Waals surface area contributed by atoms with E-state index in [1.54, 1.807) is 6.07 Å². The Morgan fingerprint density at radius 3 is 2.82 bits per heavy atom. The number of benzene rings is 1. The van der Waals surface area contributed by atoms with Gasteiger partial charge in [0.1, 0.15) is 5.69 Å². The van der Waals surface area contributed by atoms with Gasteiger partial charge >= 0.3 is 5.97 Å². The summed E-state index contributed by atoms with van der Waals surface area (Å²) >= 11 is 0. The molecule has 0 aliphatic carbocycles. The van der Waals surface area contributed by atoms with E-state index in [1.165, 1.54) is 25.3 Å². The lowest BCUT2D eigenvalue weighted by atomic mass is 9.99. The minimum Gasteiger partial charge on any atom is -0.466 e. The van der Waals surface area contributed by atoms with Crippen molar-refractivity contribution in [1.82, 2.24) is 4.90 Å². The van der Waals surface area contributed by atoms with Crippen molar-refractivity contribution in [3.05, 3.63) is 40.0 Å². The molecular weight excluding hydrogens is 362 g/mol. The van der Waals surface area contributed by atoms with E-state index in [0.29, 0.717) is 11.3 Å². The van der Waals surface area contributed by atoms with Crippen molar-refractivity contribution in [2.24, 2.45) is 0 Å². The van der Waals surface area contributed by atoms with Crippen LogP contribution in [0.5, 0.6) is 0 Å². The number of nitrogens with zero attached hydrogens (tertiary/aromatic N) is 3. The average molecular weight is 389 g/mol. The number of carbonyl (C=O) groups is 1. The Hall–Kier alpha value is -2.45. The Kier molecular flexibility index (Phi) is 7.00. The molecule has 1 atom stereocenters. The molecule has 0 bridgehead atoms. The molecule has 0 amide bonds. The van der Waals surface area contributed by atoms with Gasteiger partial charge in [-0.1, -0.05) is 6.07 Å². The fraction of sp³-hybridized carbons (Fsp3) is 0.550. The van der Waals surface area contributed by atoms with Crippen LogP contribution in [0.2, 0.25) is 0 Å². The highest BCUT2D eigenvalue weighted by atomic mass is 16.6. The maximum Gasteiger partial charge on any atom is 0.330 e. The predicted molar refractivity (Wildman–Crippen MR) is 106 cm³/mol. The van der Waals surface area contributed by atoms with Gasteiger partial charge in [-0.05, 0) is 37.0 Å². The van der Waals surface area contributed by atoms with Gasteiger partial charge in [0.25, 0.3) is 5.69 Å². The van der Waals surface area contributed by atoms with Crippen LogP contribution >= 0.6 is 0 Å². The number of nitro benzene ring substituents is 1. The van der Waals surface area contributed by atoms with Crippen LogP contribution in [0.3, 0.4) is 0 Å². The van der Waals surface area contributed by atoms with E-state index < -0.39 is 5.97 Å². The first-order chi connectivity index (χ1) is 13.6. The summed E-state index contributed by atoms with van der Waals surface area (Å²) in [6.45, 7) is 5.01. The van der Waals surface area contributed by atoms with Gasteiger partial charge in [0.15, 0.2) is 0 Å². The molecule has 0 N–H and O–H groups in total. The Bertz CT molecular complexity index is 731. The molecule has 28 heavy (non-hydrogen) atoms. The van der Waals surface area contributed by atoms with E-state index in [4.69, 9.17) is 4.74 Å². The SMILES string of the molecule is COC(=O)/C=C/c1ccc(N2CCCCC2CN2CCOCC2)c([N+](=O)[O-])c1. The molecule has 0 saturated carbocycles. The lowest BCUT2D eigenvalue weighted by Crippen LogP contribution is -2.49. The smallest absolute Gasteiger partial charge is 0.330 e. The second kappa shape index (κ2) is 9.66. The Labute approximate surface area is 164 Å². The number of methoxy groups -OCH3 is 1. The third-order valence-electron chi connectivity index (χ3n) is 5.32. The number of rotatable bonds is 6. The number of anilines is 1. The van der Waals surface area contributed by atoms with E-state index >= 15 is 0 Å². The van der Waals surface area contributed by atoms with Crippen molar-refractivity contribution >= 4 is 23.4 Å². The van der Waals surface area contributed by atoms with Gasteiger partial charge in [0.2, 0.25) is 0 Å². The maximum atomic E-state index is 11.7. The molecule has 1 unspecified atom stereocenters. The number of hydrogen-bond acceptors (Lipinski definition) is 7. The van der Waals surface area contributed by atoms with E-state index in [-0.39, 0.29) is 16.7 Å². The highest BCUT2D eigenvalue weighted by Gasteiger charge is 2.30. The summed E-state index contributed by atoms with van der Waals surface area (Å²) in [5, 5.41) is 11.7. The second-order valence-corrected chi connectivity index (χ2v) is 7.12. The first kappa shape index (κ1) is 20.3. The van der Waals surface area contributed by atoms with Crippen molar-refractivity contribution in [2.45, 2.75) is 25.3 Å². The van der Waals surface area contributed by atoms with Gasteiger partial charge in [-0.25, -0.2) is 4.79 Å². The van der Waals surface area contributed by atoms with E-state index in [0.717, 1.165) is 58.7 Å². The van der Waals surface area contributed by atoms with Crippen molar-refractivity contribution in [2.75, 3.05) is 51.4 Å². The number of ether oxygens (including phenoxy) is 2. The molecule has 0 aromatic heterocycles. The number of nitro groups is 1. The molecule has 8 heteroatoms. The molecular formula is C20H27N3O5. The molecule has 0 spiro atoms. The maximum absolute atomic E-state index is 11.7. The summed E-state index contributed by atoms with van der Waals surface area (Å²) in [7, 11) is 1.29. The number of piperidine rings is 1. The van der Waals surface area contributed by atoms with Crippen LogP contribution < -0.4 is 4.90 Å². The standard InChI is InChI=1S/C20H27N3O5/c1-27-20(24)8-6-16-5-7-18(19(14-16)23(25)26)22-9-3-2-4-17(22)15-21-10-12-28-13-11-21/h5-8,14,17H,2-4,9-13,15H2,1H3/b8-6+. The van der Waals surface area contributed by atoms with E-state index in [1.807, 2.05) is 6.07 Å². The minimum absolute atomic E-state index is 0.0703. The predicted octanol–water partition coefficient (Wildman–Crippen LogP) is 2.47. The number of hydrogen-bond donors (Lipinski definition) is 0. The highest BCUT2D eigenvalue weighted by Crippen LogP contribution is 2.34. The molecule has 8 nitrogen and oxygen atoms in total. The molecule has 2 heterocycles. The van der Waals surface area contributed by atoms with Crippen molar-refractivity contribution in [3.8, 4) is 0 Å². The van der Waals surface area contributed by atoms with Gasteiger partial charge in [-0.15, -0.1) is 0 Å². The molecule has 1 aromatic carbocycles. The van der Waals surface area contributed by atoms with Crippen LogP contribution in [0, 0.1) is 10.1 Å². The number of esters is 1. The molecule has 1 aromatic rings. The molecule has 152 valence electrons. The first-order valence-electron chi connectivity index (χ1n) is 9.69. The van der Waals surface area contributed by atoms with Crippen molar-refractivity contribution < 1.29 is 19.2 Å². The Morgan fingerprint density at radius 1 is 1.32 bits per heavy atom. The normalized spacial score (nSPS) is 21.0. The fourth-order valence-corrected chi connectivity index (χ4v) is 3.85. The van der Waals surface area contributed by atoms with E-state index in [9.17, 15) is 14.9 Å². The lowest BCUT2D eigenvalue weighted by Gasteiger charge is -2.40. The highest BCUT2D eigenvalue weighted by molar-refractivity contribution is 5.87. The zero-order valence-electron chi connectivity index (χ0n) is 16.2. The van der Waals surface area contributed by atoms with Gasteiger partial charge in [0, 0.05) is 44.4 Å². The molecule has 2 aliphatic heterocycles. The first-order valence-corrected chi connectivity index (χ1v) is 9.69. The molecule has 3 rings (SSSR count). The van der Waals surface area contributed by atoms with Crippen molar-refractivity contribution in [3.63, 3.8) is 0 Å². The third kappa shape index (κ3) is 5.08. The van der Waals surface area contributed by atoms with Crippen LogP contribution in [0.25, 0.3) is 6.08 Å². The average Bonchev–Trinajstić information content (AvgIpc) is 2.73. The van der Waals surface area contributed by atoms with E-state index in [2.05, 4.69) is 14.5 Å². The van der Waals surface area contributed by atoms with Gasteiger partial charge in [-0.3, -0.25) is 15.0 Å².